The molecule has 1 aromatic rings. The van der Waals surface area contributed by atoms with E-state index in [9.17, 15) is 0 Å². The predicted octanol–water partition coefficient (Wildman–Crippen LogP) is 4.47. The second-order valence-corrected chi connectivity index (χ2v) is 4.92. The number of benzene rings is 1. The van der Waals surface area contributed by atoms with Gasteiger partial charge in [0.05, 0.1) is 0 Å². The SMILES string of the molecule is CCCNC(c1cccc(C)c1)C(CC)CC. The maximum absolute atomic E-state index is 3.71. The van der Waals surface area contributed by atoms with Crippen molar-refractivity contribution in [3.8, 4) is 0 Å². The van der Waals surface area contributed by atoms with Gasteiger partial charge >= 0.3 is 0 Å². The molecular formula is C16H27N. The Morgan fingerprint density at radius 1 is 1.12 bits per heavy atom. The Labute approximate surface area is 107 Å². The fourth-order valence-electron chi connectivity index (χ4n) is 2.48. The summed E-state index contributed by atoms with van der Waals surface area (Å²) in [5.41, 5.74) is 2.81. The largest absolute Gasteiger partial charge is 0.310 e. The van der Waals surface area contributed by atoms with Crippen LogP contribution in [-0.2, 0) is 0 Å². The number of rotatable bonds is 7. The maximum atomic E-state index is 3.71. The molecule has 1 rings (SSSR count). The molecule has 1 aromatic carbocycles. The summed E-state index contributed by atoms with van der Waals surface area (Å²) >= 11 is 0. The topological polar surface area (TPSA) is 12.0 Å². The molecule has 0 aliphatic rings. The molecule has 1 unspecified atom stereocenters. The van der Waals surface area contributed by atoms with Gasteiger partial charge in [-0.05, 0) is 31.4 Å². The van der Waals surface area contributed by atoms with Crippen LogP contribution in [0.4, 0.5) is 0 Å². The highest BCUT2D eigenvalue weighted by Gasteiger charge is 2.19. The monoisotopic (exact) mass is 233 g/mol. The van der Waals surface area contributed by atoms with Crippen molar-refractivity contribution in [3.63, 3.8) is 0 Å². The first-order valence-electron chi connectivity index (χ1n) is 7.02. The van der Waals surface area contributed by atoms with Crippen LogP contribution < -0.4 is 5.32 Å². The summed E-state index contributed by atoms with van der Waals surface area (Å²) in [7, 11) is 0. The molecule has 17 heavy (non-hydrogen) atoms. The molecule has 0 saturated heterocycles. The average molecular weight is 233 g/mol. The zero-order valence-corrected chi connectivity index (χ0v) is 11.8. The molecule has 0 aliphatic heterocycles. The molecule has 0 heterocycles. The summed E-state index contributed by atoms with van der Waals surface area (Å²) in [6, 6.07) is 9.45. The van der Waals surface area contributed by atoms with Crippen LogP contribution in [0.2, 0.25) is 0 Å². The van der Waals surface area contributed by atoms with Crippen LogP contribution in [0.25, 0.3) is 0 Å². The molecule has 0 aromatic heterocycles. The van der Waals surface area contributed by atoms with Gasteiger partial charge in [0.2, 0.25) is 0 Å². The highest BCUT2D eigenvalue weighted by atomic mass is 14.9. The highest BCUT2D eigenvalue weighted by Crippen LogP contribution is 2.27. The van der Waals surface area contributed by atoms with E-state index in [0.717, 1.165) is 12.5 Å². The van der Waals surface area contributed by atoms with Gasteiger partial charge in [-0.1, -0.05) is 63.4 Å². The Hall–Kier alpha value is -0.820. The third-order valence-corrected chi connectivity index (χ3v) is 3.54. The van der Waals surface area contributed by atoms with E-state index in [4.69, 9.17) is 0 Å². The first-order chi connectivity index (χ1) is 8.22. The van der Waals surface area contributed by atoms with Crippen LogP contribution in [0.15, 0.2) is 24.3 Å². The molecule has 0 saturated carbocycles. The highest BCUT2D eigenvalue weighted by molar-refractivity contribution is 5.25. The van der Waals surface area contributed by atoms with E-state index in [1.54, 1.807) is 0 Å². The minimum Gasteiger partial charge on any atom is -0.310 e. The molecule has 0 amide bonds. The lowest BCUT2D eigenvalue weighted by atomic mass is 9.88. The standard InChI is InChI=1S/C16H27N/c1-5-11-17-16(14(6-2)7-3)15-10-8-9-13(4)12-15/h8-10,12,14,16-17H,5-7,11H2,1-4H3. The van der Waals surface area contributed by atoms with Crippen molar-refractivity contribution in [1.82, 2.24) is 5.32 Å². The van der Waals surface area contributed by atoms with Crippen molar-refractivity contribution in [1.29, 1.82) is 0 Å². The molecule has 1 nitrogen and oxygen atoms in total. The lowest BCUT2D eigenvalue weighted by Gasteiger charge is -2.27. The first kappa shape index (κ1) is 14.2. The summed E-state index contributed by atoms with van der Waals surface area (Å²) in [6.45, 7) is 10.1. The quantitative estimate of drug-likeness (QED) is 0.732. The molecule has 0 bridgehead atoms. The van der Waals surface area contributed by atoms with Crippen LogP contribution >= 0.6 is 0 Å². The van der Waals surface area contributed by atoms with E-state index in [2.05, 4.69) is 57.3 Å². The normalized spacial score (nSPS) is 13.0. The van der Waals surface area contributed by atoms with Gasteiger partial charge in [0.15, 0.2) is 0 Å². The summed E-state index contributed by atoms with van der Waals surface area (Å²) in [5, 5.41) is 3.71. The fraction of sp³-hybridized carbons (Fsp3) is 0.625. The smallest absolute Gasteiger partial charge is 0.0348 e. The van der Waals surface area contributed by atoms with Crippen LogP contribution in [0.1, 0.15) is 57.2 Å². The zero-order valence-electron chi connectivity index (χ0n) is 11.8. The molecular weight excluding hydrogens is 206 g/mol. The summed E-state index contributed by atoms with van der Waals surface area (Å²) < 4.78 is 0. The molecule has 0 radical (unpaired) electrons. The number of nitrogens with one attached hydrogen (secondary N) is 1. The number of hydrogen-bond donors (Lipinski definition) is 1. The van der Waals surface area contributed by atoms with Crippen LogP contribution in [0, 0.1) is 12.8 Å². The lowest BCUT2D eigenvalue weighted by Crippen LogP contribution is -2.28. The van der Waals surface area contributed by atoms with E-state index in [1.807, 2.05) is 0 Å². The van der Waals surface area contributed by atoms with Gasteiger partial charge in [0.1, 0.15) is 0 Å². The number of aryl methyl sites for hydroxylation is 1. The maximum Gasteiger partial charge on any atom is 0.0348 e. The molecule has 1 heteroatoms. The Bertz CT molecular complexity index is 315. The molecule has 0 aliphatic carbocycles. The van der Waals surface area contributed by atoms with Gasteiger partial charge in [0, 0.05) is 6.04 Å². The molecule has 0 spiro atoms. The Morgan fingerprint density at radius 3 is 2.35 bits per heavy atom. The zero-order chi connectivity index (χ0) is 12.7. The van der Waals surface area contributed by atoms with Crippen molar-refractivity contribution in [2.24, 2.45) is 5.92 Å². The third kappa shape index (κ3) is 4.16. The van der Waals surface area contributed by atoms with Crippen LogP contribution in [-0.4, -0.2) is 6.54 Å². The minimum atomic E-state index is 0.518. The van der Waals surface area contributed by atoms with Crippen molar-refractivity contribution < 1.29 is 0 Å². The third-order valence-electron chi connectivity index (χ3n) is 3.54. The van der Waals surface area contributed by atoms with Gasteiger partial charge in [-0.3, -0.25) is 0 Å². The van der Waals surface area contributed by atoms with E-state index in [1.165, 1.54) is 30.4 Å². The Kier molecular flexibility index (Phi) is 6.28. The van der Waals surface area contributed by atoms with Gasteiger partial charge in [0.25, 0.3) is 0 Å². The lowest BCUT2D eigenvalue weighted by molar-refractivity contribution is 0.341. The van der Waals surface area contributed by atoms with E-state index in [0.29, 0.717) is 6.04 Å². The Balaban J connectivity index is 2.88. The van der Waals surface area contributed by atoms with Gasteiger partial charge in [-0.25, -0.2) is 0 Å². The molecule has 96 valence electrons. The molecule has 1 atom stereocenters. The Morgan fingerprint density at radius 2 is 1.82 bits per heavy atom. The fourth-order valence-corrected chi connectivity index (χ4v) is 2.48. The predicted molar refractivity (Wildman–Crippen MR) is 76.3 cm³/mol. The van der Waals surface area contributed by atoms with Crippen LogP contribution in [0.3, 0.4) is 0 Å². The van der Waals surface area contributed by atoms with Crippen LogP contribution in [0.5, 0.6) is 0 Å². The van der Waals surface area contributed by atoms with E-state index in [-0.39, 0.29) is 0 Å². The summed E-state index contributed by atoms with van der Waals surface area (Å²) in [5.74, 6) is 0.739. The average Bonchev–Trinajstić information content (AvgIpc) is 2.34. The van der Waals surface area contributed by atoms with Crippen molar-refractivity contribution >= 4 is 0 Å². The van der Waals surface area contributed by atoms with E-state index < -0.39 is 0 Å². The first-order valence-corrected chi connectivity index (χ1v) is 7.02. The number of hydrogen-bond acceptors (Lipinski definition) is 1. The van der Waals surface area contributed by atoms with Gasteiger partial charge in [-0.15, -0.1) is 0 Å². The van der Waals surface area contributed by atoms with Gasteiger partial charge in [-0.2, -0.15) is 0 Å². The molecule has 1 N–H and O–H groups in total. The summed E-state index contributed by atoms with van der Waals surface area (Å²) in [6.07, 6.45) is 3.68. The van der Waals surface area contributed by atoms with Crippen molar-refractivity contribution in [2.75, 3.05) is 6.54 Å². The second-order valence-electron chi connectivity index (χ2n) is 4.92. The van der Waals surface area contributed by atoms with E-state index >= 15 is 0 Å². The van der Waals surface area contributed by atoms with Gasteiger partial charge < -0.3 is 5.32 Å². The molecule has 0 fully saturated rings. The minimum absolute atomic E-state index is 0.518. The second kappa shape index (κ2) is 7.50. The van der Waals surface area contributed by atoms with Crippen molar-refractivity contribution in [2.45, 2.75) is 53.0 Å². The summed E-state index contributed by atoms with van der Waals surface area (Å²) in [4.78, 5) is 0. The van der Waals surface area contributed by atoms with Crippen molar-refractivity contribution in [3.05, 3.63) is 35.4 Å².